The van der Waals surface area contributed by atoms with E-state index in [2.05, 4.69) is 0 Å². The molecule has 0 amide bonds. The molecule has 5 heteroatoms. The predicted molar refractivity (Wildman–Crippen MR) is 57.4 cm³/mol. The van der Waals surface area contributed by atoms with Gasteiger partial charge in [-0.3, -0.25) is 4.55 Å². The Hall–Kier alpha value is -0.520. The van der Waals surface area contributed by atoms with Crippen molar-refractivity contribution in [3.8, 4) is 0 Å². The molecule has 0 aromatic heterocycles. The highest BCUT2D eigenvalue weighted by molar-refractivity contribution is 7.99. The highest BCUT2D eigenvalue weighted by Crippen LogP contribution is 2.25. The zero-order chi connectivity index (χ0) is 10.8. The molecule has 0 heterocycles. The zero-order valence-electron chi connectivity index (χ0n) is 8.02. The van der Waals surface area contributed by atoms with Crippen LogP contribution in [0.15, 0.2) is 28.0 Å². The quantitative estimate of drug-likeness (QED) is 0.641. The van der Waals surface area contributed by atoms with Crippen LogP contribution >= 0.6 is 11.8 Å². The molecule has 0 fully saturated rings. The van der Waals surface area contributed by atoms with Crippen molar-refractivity contribution in [2.45, 2.75) is 23.1 Å². The summed E-state index contributed by atoms with van der Waals surface area (Å²) in [6.45, 7) is 1.93. The van der Waals surface area contributed by atoms with Gasteiger partial charge in [-0.1, -0.05) is 13.0 Å². The Balaban J connectivity index is 3.37. The second-order valence-corrected chi connectivity index (χ2v) is 5.05. The van der Waals surface area contributed by atoms with Crippen molar-refractivity contribution < 1.29 is 13.0 Å². The van der Waals surface area contributed by atoms with Gasteiger partial charge in [0.2, 0.25) is 0 Å². The molecule has 1 aromatic carbocycles. The monoisotopic (exact) mass is 232 g/mol. The molecule has 3 nitrogen and oxygen atoms in total. The topological polar surface area (TPSA) is 54.4 Å². The highest BCUT2D eigenvalue weighted by Gasteiger charge is 2.15. The SMILES string of the molecule is CCc1ccc(SC)c(S(=O)(=O)O)c1. The first kappa shape index (κ1) is 11.6. The summed E-state index contributed by atoms with van der Waals surface area (Å²) in [5, 5.41) is 0. The second-order valence-electron chi connectivity index (χ2n) is 2.81. The summed E-state index contributed by atoms with van der Waals surface area (Å²) in [6, 6.07) is 5.09. The Morgan fingerprint density at radius 1 is 1.43 bits per heavy atom. The highest BCUT2D eigenvalue weighted by atomic mass is 32.2. The number of benzene rings is 1. The average molecular weight is 232 g/mol. The minimum atomic E-state index is -4.10. The molecule has 0 aliphatic rings. The summed E-state index contributed by atoms with van der Waals surface area (Å²) in [5.41, 5.74) is 0.899. The number of thioether (sulfide) groups is 1. The molecule has 0 atom stereocenters. The van der Waals surface area contributed by atoms with E-state index in [1.807, 2.05) is 13.0 Å². The molecule has 0 saturated heterocycles. The number of hydrogen-bond donors (Lipinski definition) is 1. The first-order chi connectivity index (χ1) is 6.49. The van der Waals surface area contributed by atoms with Crippen LogP contribution in [0.4, 0.5) is 0 Å². The lowest BCUT2D eigenvalue weighted by atomic mass is 10.2. The largest absolute Gasteiger partial charge is 0.295 e. The van der Waals surface area contributed by atoms with Crippen molar-refractivity contribution in [1.82, 2.24) is 0 Å². The smallest absolute Gasteiger partial charge is 0.282 e. The predicted octanol–water partition coefficient (Wildman–Crippen LogP) is 2.22. The Kier molecular flexibility index (Phi) is 3.58. The molecule has 1 rings (SSSR count). The zero-order valence-corrected chi connectivity index (χ0v) is 9.65. The van der Waals surface area contributed by atoms with Gasteiger partial charge in [-0.15, -0.1) is 11.8 Å². The van der Waals surface area contributed by atoms with Gasteiger partial charge in [0.15, 0.2) is 0 Å². The van der Waals surface area contributed by atoms with Crippen molar-refractivity contribution in [1.29, 1.82) is 0 Å². The lowest BCUT2D eigenvalue weighted by Crippen LogP contribution is -2.01. The van der Waals surface area contributed by atoms with Crippen molar-refractivity contribution >= 4 is 21.9 Å². The van der Waals surface area contributed by atoms with Gasteiger partial charge in [0.1, 0.15) is 4.90 Å². The number of rotatable bonds is 3. The van der Waals surface area contributed by atoms with Gasteiger partial charge in [0.05, 0.1) is 0 Å². The summed E-state index contributed by atoms with van der Waals surface area (Å²) in [6.07, 6.45) is 2.52. The van der Waals surface area contributed by atoms with Gasteiger partial charge >= 0.3 is 0 Å². The average Bonchev–Trinajstić information content (AvgIpc) is 2.15. The van der Waals surface area contributed by atoms with Crippen molar-refractivity contribution in [3.05, 3.63) is 23.8 Å². The Bertz CT molecular complexity index is 424. The molecular formula is C9H12O3S2. The first-order valence-corrected chi connectivity index (χ1v) is 6.80. The molecule has 1 N–H and O–H groups in total. The van der Waals surface area contributed by atoms with Gasteiger partial charge in [0.25, 0.3) is 10.1 Å². The van der Waals surface area contributed by atoms with Crippen LogP contribution in [0.3, 0.4) is 0 Å². The van der Waals surface area contributed by atoms with E-state index in [0.29, 0.717) is 4.90 Å². The van der Waals surface area contributed by atoms with Gasteiger partial charge in [0, 0.05) is 4.90 Å². The van der Waals surface area contributed by atoms with E-state index >= 15 is 0 Å². The van der Waals surface area contributed by atoms with Crippen LogP contribution in [0.1, 0.15) is 12.5 Å². The van der Waals surface area contributed by atoms with E-state index in [1.165, 1.54) is 17.8 Å². The maximum absolute atomic E-state index is 11.0. The van der Waals surface area contributed by atoms with E-state index < -0.39 is 10.1 Å². The van der Waals surface area contributed by atoms with Gasteiger partial charge in [-0.25, -0.2) is 0 Å². The van der Waals surface area contributed by atoms with E-state index in [-0.39, 0.29) is 4.90 Å². The van der Waals surface area contributed by atoms with E-state index in [9.17, 15) is 8.42 Å². The summed E-state index contributed by atoms with van der Waals surface area (Å²) >= 11 is 1.30. The van der Waals surface area contributed by atoms with E-state index in [0.717, 1.165) is 12.0 Å². The van der Waals surface area contributed by atoms with Crippen LogP contribution < -0.4 is 0 Å². The molecule has 0 aliphatic heterocycles. The Morgan fingerprint density at radius 2 is 2.07 bits per heavy atom. The Labute approximate surface area is 88.3 Å². The second kappa shape index (κ2) is 4.33. The molecule has 78 valence electrons. The minimum Gasteiger partial charge on any atom is -0.282 e. The third kappa shape index (κ3) is 2.50. The maximum Gasteiger partial charge on any atom is 0.295 e. The maximum atomic E-state index is 11.0. The summed E-state index contributed by atoms with van der Waals surface area (Å²) in [4.78, 5) is 0.578. The molecule has 0 radical (unpaired) electrons. The van der Waals surface area contributed by atoms with Gasteiger partial charge < -0.3 is 0 Å². The van der Waals surface area contributed by atoms with E-state index in [1.54, 1.807) is 12.3 Å². The lowest BCUT2D eigenvalue weighted by Gasteiger charge is -2.05. The molecule has 0 unspecified atom stereocenters. The van der Waals surface area contributed by atoms with Gasteiger partial charge in [-0.2, -0.15) is 8.42 Å². The Morgan fingerprint density at radius 3 is 2.50 bits per heavy atom. The van der Waals surface area contributed by atoms with E-state index in [4.69, 9.17) is 4.55 Å². The first-order valence-electron chi connectivity index (χ1n) is 4.13. The van der Waals surface area contributed by atoms with Crippen molar-refractivity contribution in [2.24, 2.45) is 0 Å². The normalized spacial score (nSPS) is 11.6. The molecule has 0 bridgehead atoms. The third-order valence-electron chi connectivity index (χ3n) is 1.91. The fraction of sp³-hybridized carbons (Fsp3) is 0.333. The molecule has 14 heavy (non-hydrogen) atoms. The fourth-order valence-corrected chi connectivity index (χ4v) is 2.80. The fourth-order valence-electron chi connectivity index (χ4n) is 1.14. The molecular weight excluding hydrogens is 220 g/mol. The molecule has 0 aliphatic carbocycles. The van der Waals surface area contributed by atoms with Crippen LogP contribution in [0.5, 0.6) is 0 Å². The van der Waals surface area contributed by atoms with Crippen LogP contribution in [0.25, 0.3) is 0 Å². The van der Waals surface area contributed by atoms with Gasteiger partial charge in [-0.05, 0) is 30.4 Å². The van der Waals surface area contributed by atoms with Crippen LogP contribution in [-0.2, 0) is 16.5 Å². The minimum absolute atomic E-state index is 0.00403. The summed E-state index contributed by atoms with van der Waals surface area (Å²) in [7, 11) is -4.10. The summed E-state index contributed by atoms with van der Waals surface area (Å²) < 4.78 is 31.0. The molecule has 0 spiro atoms. The molecule has 1 aromatic rings. The lowest BCUT2D eigenvalue weighted by molar-refractivity contribution is 0.481. The number of aryl methyl sites for hydroxylation is 1. The number of hydrogen-bond acceptors (Lipinski definition) is 3. The van der Waals surface area contributed by atoms with Crippen LogP contribution in [-0.4, -0.2) is 19.2 Å². The van der Waals surface area contributed by atoms with Crippen LogP contribution in [0.2, 0.25) is 0 Å². The standard InChI is InChI=1S/C9H12O3S2/c1-3-7-4-5-8(13-2)9(6-7)14(10,11)12/h4-6H,3H2,1-2H3,(H,10,11,12). The molecule has 0 saturated carbocycles. The van der Waals surface area contributed by atoms with Crippen molar-refractivity contribution in [2.75, 3.05) is 6.26 Å². The third-order valence-corrected chi connectivity index (χ3v) is 3.73. The van der Waals surface area contributed by atoms with Crippen LogP contribution in [0, 0.1) is 0 Å². The van der Waals surface area contributed by atoms with Crippen molar-refractivity contribution in [3.63, 3.8) is 0 Å². The summed E-state index contributed by atoms with van der Waals surface area (Å²) in [5.74, 6) is 0.